The summed E-state index contributed by atoms with van der Waals surface area (Å²) in [5, 5.41) is 9.46. The maximum Gasteiger partial charge on any atom is 0.305 e. The Morgan fingerprint density at radius 1 is 0.561 bits per heavy atom. The zero-order valence-electron chi connectivity index (χ0n) is 28.1. The monoisotopic (exact) mass is 584 g/mol. The maximum absolute atomic E-state index is 11.9. The predicted molar refractivity (Wildman–Crippen MR) is 177 cm³/mol. The quantitative estimate of drug-likeness (QED) is 0.0603. The van der Waals surface area contributed by atoms with E-state index in [4.69, 9.17) is 9.47 Å². The average molecular weight is 584 g/mol. The van der Waals surface area contributed by atoms with Gasteiger partial charge in [0, 0.05) is 19.6 Å². The number of hydrogen-bond acceptors (Lipinski definition) is 5. The molecule has 246 valence electrons. The minimum atomic E-state index is -0.0168. The molecule has 0 amide bonds. The summed E-state index contributed by atoms with van der Waals surface area (Å²) in [5.41, 5.74) is 0. The van der Waals surface area contributed by atoms with Crippen LogP contribution in [0, 0.1) is 0 Å². The van der Waals surface area contributed by atoms with Crippen LogP contribution in [-0.4, -0.2) is 61.5 Å². The number of carbonyl (C=O) groups excluding carboxylic acids is 1. The number of carbonyl (C=O) groups is 1. The summed E-state index contributed by atoms with van der Waals surface area (Å²) in [6.07, 6.45) is 30.6. The Morgan fingerprint density at radius 2 is 1.02 bits per heavy atom. The lowest BCUT2D eigenvalue weighted by Crippen LogP contribution is -2.29. The fourth-order valence-corrected chi connectivity index (χ4v) is 5.50. The van der Waals surface area contributed by atoms with Crippen LogP contribution in [0.3, 0.4) is 0 Å². The van der Waals surface area contributed by atoms with Crippen LogP contribution in [-0.2, 0) is 14.3 Å². The number of rotatable bonds is 34. The molecule has 0 unspecified atom stereocenters. The van der Waals surface area contributed by atoms with E-state index in [1.807, 2.05) is 0 Å². The SMILES string of the molecule is CCCCCCCCCOC(=O)CCCCCCCN(CCO)CCCCCCCCOC(CCCC)CCCC. The van der Waals surface area contributed by atoms with E-state index in [1.165, 1.54) is 135 Å². The molecular formula is C36H73NO4. The van der Waals surface area contributed by atoms with Gasteiger partial charge in [-0.15, -0.1) is 0 Å². The van der Waals surface area contributed by atoms with Crippen LogP contribution in [0.25, 0.3) is 0 Å². The van der Waals surface area contributed by atoms with Crippen molar-refractivity contribution < 1.29 is 19.4 Å². The van der Waals surface area contributed by atoms with E-state index in [2.05, 4.69) is 25.7 Å². The maximum atomic E-state index is 11.9. The molecule has 0 aromatic rings. The van der Waals surface area contributed by atoms with Gasteiger partial charge in [-0.1, -0.05) is 130 Å². The lowest BCUT2D eigenvalue weighted by molar-refractivity contribution is -0.143. The highest BCUT2D eigenvalue weighted by Gasteiger charge is 2.08. The van der Waals surface area contributed by atoms with Crippen molar-refractivity contribution in [3.8, 4) is 0 Å². The van der Waals surface area contributed by atoms with Crippen LogP contribution < -0.4 is 0 Å². The molecule has 5 nitrogen and oxygen atoms in total. The van der Waals surface area contributed by atoms with Crippen molar-refractivity contribution in [1.29, 1.82) is 0 Å². The van der Waals surface area contributed by atoms with Crippen molar-refractivity contribution in [2.75, 3.05) is 39.5 Å². The average Bonchev–Trinajstić information content (AvgIpc) is 2.97. The molecule has 0 saturated heterocycles. The Kier molecular flexibility index (Phi) is 33.3. The summed E-state index contributed by atoms with van der Waals surface area (Å²) < 4.78 is 11.6. The lowest BCUT2D eigenvalue weighted by Gasteiger charge is -2.21. The van der Waals surface area contributed by atoms with Crippen LogP contribution in [0.15, 0.2) is 0 Å². The summed E-state index contributed by atoms with van der Waals surface area (Å²) in [4.78, 5) is 14.3. The van der Waals surface area contributed by atoms with Crippen LogP contribution in [0.5, 0.6) is 0 Å². The summed E-state index contributed by atoms with van der Waals surface area (Å²) >= 11 is 0. The van der Waals surface area contributed by atoms with Gasteiger partial charge in [0.25, 0.3) is 0 Å². The van der Waals surface area contributed by atoms with Gasteiger partial charge in [-0.05, 0) is 58.0 Å². The molecule has 0 saturated carbocycles. The van der Waals surface area contributed by atoms with E-state index in [0.717, 1.165) is 45.5 Å². The van der Waals surface area contributed by atoms with E-state index in [0.29, 0.717) is 19.1 Å². The molecule has 5 heteroatoms. The second kappa shape index (κ2) is 33.8. The summed E-state index contributed by atoms with van der Waals surface area (Å²) in [6, 6.07) is 0. The van der Waals surface area contributed by atoms with Crippen molar-refractivity contribution in [2.45, 2.75) is 187 Å². The fourth-order valence-electron chi connectivity index (χ4n) is 5.50. The third kappa shape index (κ3) is 30.6. The molecule has 0 aromatic heterocycles. The van der Waals surface area contributed by atoms with Gasteiger partial charge in [0.15, 0.2) is 0 Å². The molecule has 0 radical (unpaired) electrons. The third-order valence-corrected chi connectivity index (χ3v) is 8.26. The summed E-state index contributed by atoms with van der Waals surface area (Å²) in [5.74, 6) is -0.0168. The molecule has 41 heavy (non-hydrogen) atoms. The number of hydrogen-bond donors (Lipinski definition) is 1. The molecule has 0 spiro atoms. The van der Waals surface area contributed by atoms with Crippen molar-refractivity contribution in [3.63, 3.8) is 0 Å². The predicted octanol–water partition coefficient (Wildman–Crippen LogP) is 10.0. The Labute approximate surface area is 256 Å². The normalized spacial score (nSPS) is 11.7. The topological polar surface area (TPSA) is 59.0 Å². The molecule has 1 N–H and O–H groups in total. The Bertz CT molecular complexity index is 508. The van der Waals surface area contributed by atoms with Gasteiger partial charge in [0.05, 0.1) is 19.3 Å². The molecule has 0 heterocycles. The zero-order valence-corrected chi connectivity index (χ0v) is 28.1. The van der Waals surface area contributed by atoms with Crippen LogP contribution in [0.1, 0.15) is 181 Å². The van der Waals surface area contributed by atoms with Gasteiger partial charge in [-0.3, -0.25) is 4.79 Å². The second-order valence-electron chi connectivity index (χ2n) is 12.3. The van der Waals surface area contributed by atoms with E-state index < -0.39 is 0 Å². The number of ether oxygens (including phenoxy) is 2. The summed E-state index contributed by atoms with van der Waals surface area (Å²) in [6.45, 7) is 11.5. The first-order chi connectivity index (χ1) is 20.2. The Balaban J connectivity index is 3.62. The minimum absolute atomic E-state index is 0.0168. The van der Waals surface area contributed by atoms with E-state index in [-0.39, 0.29) is 12.6 Å². The molecule has 0 aliphatic carbocycles. The molecule has 0 aromatic carbocycles. The number of unbranched alkanes of at least 4 members (excludes halogenated alkanes) is 17. The molecule has 0 aliphatic heterocycles. The second-order valence-corrected chi connectivity index (χ2v) is 12.3. The largest absolute Gasteiger partial charge is 0.466 e. The third-order valence-electron chi connectivity index (χ3n) is 8.26. The standard InChI is InChI=1S/C36H73NO4/c1-4-7-10-11-13-20-25-34-41-36(39)28-21-16-15-18-23-30-37(31-32-38)29-22-17-12-14-19-24-33-40-35(26-8-5-2)27-9-6-3/h35,38H,4-34H2,1-3H3. The van der Waals surface area contributed by atoms with Crippen LogP contribution >= 0.6 is 0 Å². The number of aliphatic hydroxyl groups excluding tert-OH is 1. The Morgan fingerprint density at radius 3 is 1.56 bits per heavy atom. The van der Waals surface area contributed by atoms with Gasteiger partial charge in [-0.25, -0.2) is 0 Å². The summed E-state index contributed by atoms with van der Waals surface area (Å²) in [7, 11) is 0. The smallest absolute Gasteiger partial charge is 0.305 e. The van der Waals surface area contributed by atoms with Gasteiger partial charge < -0.3 is 19.5 Å². The number of esters is 1. The molecule has 0 fully saturated rings. The van der Waals surface area contributed by atoms with Gasteiger partial charge >= 0.3 is 5.97 Å². The van der Waals surface area contributed by atoms with Crippen molar-refractivity contribution in [3.05, 3.63) is 0 Å². The minimum Gasteiger partial charge on any atom is -0.466 e. The van der Waals surface area contributed by atoms with Gasteiger partial charge in [0.1, 0.15) is 0 Å². The number of nitrogens with zero attached hydrogens (tertiary/aromatic N) is 1. The number of aliphatic hydroxyl groups is 1. The molecular weight excluding hydrogens is 510 g/mol. The molecule has 0 bridgehead atoms. The van der Waals surface area contributed by atoms with Gasteiger partial charge in [-0.2, -0.15) is 0 Å². The van der Waals surface area contributed by atoms with Crippen LogP contribution in [0.2, 0.25) is 0 Å². The highest BCUT2D eigenvalue weighted by molar-refractivity contribution is 5.69. The van der Waals surface area contributed by atoms with Crippen LogP contribution in [0.4, 0.5) is 0 Å². The lowest BCUT2D eigenvalue weighted by atomic mass is 10.1. The van der Waals surface area contributed by atoms with E-state index in [9.17, 15) is 9.90 Å². The molecule has 0 aliphatic rings. The first kappa shape index (κ1) is 40.4. The highest BCUT2D eigenvalue weighted by Crippen LogP contribution is 2.14. The van der Waals surface area contributed by atoms with Crippen molar-refractivity contribution in [1.82, 2.24) is 4.90 Å². The Hall–Kier alpha value is -0.650. The van der Waals surface area contributed by atoms with Crippen molar-refractivity contribution in [2.24, 2.45) is 0 Å². The van der Waals surface area contributed by atoms with E-state index in [1.54, 1.807) is 0 Å². The van der Waals surface area contributed by atoms with E-state index >= 15 is 0 Å². The molecule has 0 rings (SSSR count). The fraction of sp³-hybridized carbons (Fsp3) is 0.972. The molecule has 0 atom stereocenters. The van der Waals surface area contributed by atoms with Crippen molar-refractivity contribution >= 4 is 5.97 Å². The highest BCUT2D eigenvalue weighted by atomic mass is 16.5. The zero-order chi connectivity index (χ0) is 30.1. The first-order valence-corrected chi connectivity index (χ1v) is 18.3. The van der Waals surface area contributed by atoms with Gasteiger partial charge in [0.2, 0.25) is 0 Å². The first-order valence-electron chi connectivity index (χ1n) is 18.3.